The summed E-state index contributed by atoms with van der Waals surface area (Å²) in [4.78, 5) is 12.6. The number of ether oxygens (including phenoxy) is 1. The molecular formula is C15H19ClIN3O2. The van der Waals surface area contributed by atoms with Gasteiger partial charge in [-0.05, 0) is 18.9 Å². The summed E-state index contributed by atoms with van der Waals surface area (Å²) in [5.41, 5.74) is 2.42. The number of piperidine rings is 1. The number of nitrogens with one attached hydrogen (secondary N) is 2. The van der Waals surface area contributed by atoms with Crippen molar-refractivity contribution in [2.75, 3.05) is 32.1 Å². The summed E-state index contributed by atoms with van der Waals surface area (Å²) in [6, 6.07) is 1.93. The van der Waals surface area contributed by atoms with Gasteiger partial charge in [0.1, 0.15) is 5.75 Å². The van der Waals surface area contributed by atoms with E-state index in [0.717, 1.165) is 43.6 Å². The number of nitrogens with zero attached hydrogens (tertiary/aromatic N) is 1. The maximum Gasteiger partial charge on any atom is 0.255 e. The van der Waals surface area contributed by atoms with Crippen LogP contribution in [0.2, 0.25) is 5.02 Å². The van der Waals surface area contributed by atoms with Gasteiger partial charge in [0.2, 0.25) is 0 Å². The van der Waals surface area contributed by atoms with E-state index in [0.29, 0.717) is 22.9 Å². The maximum atomic E-state index is 12.6. The van der Waals surface area contributed by atoms with Crippen LogP contribution in [-0.2, 0) is 6.42 Å². The lowest BCUT2D eigenvalue weighted by atomic mass is 10.0. The number of rotatable bonds is 3. The number of carbonyl (C=O) groups excluding carboxylic acids is 1. The van der Waals surface area contributed by atoms with Gasteiger partial charge < -0.3 is 15.4 Å². The topological polar surface area (TPSA) is 53.6 Å². The SMILES string of the molecule is CNc1c(Cl)cc(C(=O)NC2CCN(I)CC2)c2c1CCO2. The van der Waals surface area contributed by atoms with Gasteiger partial charge in [0, 0.05) is 61.0 Å². The van der Waals surface area contributed by atoms with Crippen LogP contribution in [-0.4, -0.2) is 41.8 Å². The molecule has 0 spiro atoms. The third kappa shape index (κ3) is 3.14. The van der Waals surface area contributed by atoms with E-state index in [2.05, 4.69) is 36.6 Å². The minimum absolute atomic E-state index is 0.0883. The highest BCUT2D eigenvalue weighted by atomic mass is 127. The van der Waals surface area contributed by atoms with Crippen molar-refractivity contribution in [2.45, 2.75) is 25.3 Å². The molecule has 2 N–H and O–H groups in total. The minimum Gasteiger partial charge on any atom is -0.492 e. The Hall–Kier alpha value is -0.730. The molecule has 120 valence electrons. The molecule has 1 amide bonds. The Kier molecular flexibility index (Phi) is 4.99. The van der Waals surface area contributed by atoms with Gasteiger partial charge in [-0.15, -0.1) is 0 Å². The second kappa shape index (κ2) is 6.80. The first kappa shape index (κ1) is 16.1. The van der Waals surface area contributed by atoms with Crippen molar-refractivity contribution in [3.05, 3.63) is 22.2 Å². The van der Waals surface area contributed by atoms with E-state index < -0.39 is 0 Å². The van der Waals surface area contributed by atoms with E-state index in [9.17, 15) is 4.79 Å². The third-order valence-electron chi connectivity index (χ3n) is 4.20. The first-order chi connectivity index (χ1) is 10.6. The Morgan fingerprint density at radius 3 is 2.86 bits per heavy atom. The molecule has 1 saturated heterocycles. The smallest absolute Gasteiger partial charge is 0.255 e. The molecule has 1 aromatic rings. The average Bonchev–Trinajstić information content (AvgIpc) is 2.98. The lowest BCUT2D eigenvalue weighted by molar-refractivity contribution is 0.0922. The Morgan fingerprint density at radius 1 is 1.45 bits per heavy atom. The Morgan fingerprint density at radius 2 is 2.18 bits per heavy atom. The average molecular weight is 436 g/mol. The minimum atomic E-state index is -0.0883. The fraction of sp³-hybridized carbons (Fsp3) is 0.533. The monoisotopic (exact) mass is 435 g/mol. The summed E-state index contributed by atoms with van der Waals surface area (Å²) in [6.07, 6.45) is 2.72. The van der Waals surface area contributed by atoms with Gasteiger partial charge in [-0.2, -0.15) is 0 Å². The van der Waals surface area contributed by atoms with Gasteiger partial charge in [0.25, 0.3) is 5.91 Å². The fourth-order valence-electron chi connectivity index (χ4n) is 3.04. The van der Waals surface area contributed by atoms with Crippen LogP contribution in [0.4, 0.5) is 5.69 Å². The summed E-state index contributed by atoms with van der Waals surface area (Å²) in [5.74, 6) is 0.590. The summed E-state index contributed by atoms with van der Waals surface area (Å²) in [6.45, 7) is 2.59. The van der Waals surface area contributed by atoms with Crippen molar-refractivity contribution in [1.29, 1.82) is 0 Å². The summed E-state index contributed by atoms with van der Waals surface area (Å²) in [7, 11) is 1.83. The first-order valence-electron chi connectivity index (χ1n) is 7.47. The van der Waals surface area contributed by atoms with Crippen LogP contribution in [0.25, 0.3) is 0 Å². The lowest BCUT2D eigenvalue weighted by Gasteiger charge is -2.28. The number of hydrogen-bond donors (Lipinski definition) is 2. The Balaban J connectivity index is 1.81. The van der Waals surface area contributed by atoms with Gasteiger partial charge in [-0.3, -0.25) is 4.79 Å². The second-order valence-corrected chi connectivity index (χ2v) is 7.37. The number of anilines is 1. The van der Waals surface area contributed by atoms with Gasteiger partial charge in [-0.1, -0.05) is 11.6 Å². The lowest BCUT2D eigenvalue weighted by Crippen LogP contribution is -2.42. The van der Waals surface area contributed by atoms with Crippen LogP contribution in [0.5, 0.6) is 5.75 Å². The van der Waals surface area contributed by atoms with Gasteiger partial charge >= 0.3 is 0 Å². The quantitative estimate of drug-likeness (QED) is 0.566. The predicted molar refractivity (Wildman–Crippen MR) is 96.3 cm³/mol. The van der Waals surface area contributed by atoms with E-state index in [1.165, 1.54) is 0 Å². The Labute approximate surface area is 149 Å². The zero-order valence-electron chi connectivity index (χ0n) is 12.4. The molecule has 0 saturated carbocycles. The van der Waals surface area contributed by atoms with Crippen LogP contribution >= 0.6 is 34.5 Å². The number of halogens is 2. The van der Waals surface area contributed by atoms with Gasteiger partial charge in [0.05, 0.1) is 22.9 Å². The molecule has 0 atom stereocenters. The molecule has 2 aliphatic heterocycles. The number of fused-ring (bicyclic) bond motifs is 1. The van der Waals surface area contributed by atoms with E-state index in [-0.39, 0.29) is 11.9 Å². The molecular weight excluding hydrogens is 417 g/mol. The number of benzene rings is 1. The molecule has 2 heterocycles. The molecule has 7 heteroatoms. The molecule has 0 aliphatic carbocycles. The molecule has 5 nitrogen and oxygen atoms in total. The Bertz CT molecular complexity index is 589. The largest absolute Gasteiger partial charge is 0.492 e. The normalized spacial score (nSPS) is 18.7. The number of amides is 1. The van der Waals surface area contributed by atoms with Crippen LogP contribution < -0.4 is 15.4 Å². The molecule has 0 bridgehead atoms. The number of carbonyl (C=O) groups is 1. The first-order valence-corrected chi connectivity index (χ1v) is 8.82. The van der Waals surface area contributed by atoms with Crippen molar-refractivity contribution in [3.8, 4) is 5.75 Å². The number of hydrogen-bond acceptors (Lipinski definition) is 4. The van der Waals surface area contributed by atoms with Crippen LogP contribution in [0.1, 0.15) is 28.8 Å². The summed E-state index contributed by atoms with van der Waals surface area (Å²) < 4.78 is 7.94. The summed E-state index contributed by atoms with van der Waals surface area (Å²) >= 11 is 8.64. The second-order valence-electron chi connectivity index (χ2n) is 5.59. The van der Waals surface area contributed by atoms with Crippen molar-refractivity contribution in [3.63, 3.8) is 0 Å². The highest BCUT2D eigenvalue weighted by Crippen LogP contribution is 2.40. The standard InChI is InChI=1S/C15H19ClIN3O2/c1-18-13-10-4-7-22-14(10)11(8-12(13)16)15(21)19-9-2-5-20(17)6-3-9/h8-9,18H,2-7H2,1H3,(H,19,21). The van der Waals surface area contributed by atoms with Crippen molar-refractivity contribution in [1.82, 2.24) is 8.43 Å². The van der Waals surface area contributed by atoms with Crippen molar-refractivity contribution >= 4 is 46.1 Å². The van der Waals surface area contributed by atoms with Crippen LogP contribution in [0.15, 0.2) is 6.07 Å². The van der Waals surface area contributed by atoms with E-state index >= 15 is 0 Å². The van der Waals surface area contributed by atoms with E-state index in [1.54, 1.807) is 6.07 Å². The van der Waals surface area contributed by atoms with Crippen molar-refractivity contribution < 1.29 is 9.53 Å². The van der Waals surface area contributed by atoms with Crippen LogP contribution in [0.3, 0.4) is 0 Å². The molecule has 0 aromatic heterocycles. The van der Waals surface area contributed by atoms with Crippen molar-refractivity contribution in [2.24, 2.45) is 0 Å². The molecule has 2 aliphatic rings. The van der Waals surface area contributed by atoms with Crippen LogP contribution in [0, 0.1) is 0 Å². The molecule has 1 fully saturated rings. The maximum absolute atomic E-state index is 12.6. The predicted octanol–water partition coefficient (Wildman–Crippen LogP) is 2.86. The van der Waals surface area contributed by atoms with E-state index in [4.69, 9.17) is 16.3 Å². The van der Waals surface area contributed by atoms with Gasteiger partial charge in [0.15, 0.2) is 0 Å². The zero-order chi connectivity index (χ0) is 15.7. The molecule has 3 rings (SSSR count). The molecule has 1 aromatic carbocycles. The molecule has 22 heavy (non-hydrogen) atoms. The zero-order valence-corrected chi connectivity index (χ0v) is 15.3. The molecule has 0 radical (unpaired) electrons. The molecule has 0 unspecified atom stereocenters. The van der Waals surface area contributed by atoms with Gasteiger partial charge in [-0.25, -0.2) is 3.11 Å². The highest BCUT2D eigenvalue weighted by molar-refractivity contribution is 14.1. The summed E-state index contributed by atoms with van der Waals surface area (Å²) in [5, 5.41) is 6.79. The van der Waals surface area contributed by atoms with E-state index in [1.807, 2.05) is 7.05 Å². The highest BCUT2D eigenvalue weighted by Gasteiger charge is 2.27. The fourth-order valence-corrected chi connectivity index (χ4v) is 3.91. The third-order valence-corrected chi connectivity index (χ3v) is 5.46.